The number of rotatable bonds is 6. The van der Waals surface area contributed by atoms with Crippen molar-refractivity contribution in [2.75, 3.05) is 20.8 Å². The minimum absolute atomic E-state index is 0.0177. The van der Waals surface area contributed by atoms with Crippen molar-refractivity contribution in [3.63, 3.8) is 0 Å². The van der Waals surface area contributed by atoms with Gasteiger partial charge in [0, 0.05) is 29.6 Å². The summed E-state index contributed by atoms with van der Waals surface area (Å²) in [6.45, 7) is 0.437. The van der Waals surface area contributed by atoms with Gasteiger partial charge in [0.05, 0.1) is 26.2 Å². The first-order valence-corrected chi connectivity index (χ1v) is 10.2. The Balaban J connectivity index is 1.84. The minimum Gasteiger partial charge on any atom is -0.469 e. The Morgan fingerprint density at radius 1 is 1.27 bits per heavy atom. The second-order valence-corrected chi connectivity index (χ2v) is 7.72. The molecule has 2 N–H and O–H groups in total. The highest BCUT2D eigenvalue weighted by atomic mass is 79.9. The smallest absolute Gasteiger partial charge is 0.328 e. The van der Waals surface area contributed by atoms with E-state index in [2.05, 4.69) is 36.0 Å². The molecule has 30 heavy (non-hydrogen) atoms. The molecule has 9 nitrogen and oxygen atoms in total. The number of halogens is 1. The van der Waals surface area contributed by atoms with Crippen molar-refractivity contribution in [1.82, 2.24) is 20.2 Å². The molecule has 1 aromatic carbocycles. The van der Waals surface area contributed by atoms with Crippen LogP contribution in [0.15, 0.2) is 35.1 Å². The van der Waals surface area contributed by atoms with Crippen LogP contribution in [-0.2, 0) is 25.5 Å². The monoisotopic (exact) mass is 478 g/mol. The Kier molecular flexibility index (Phi) is 7.09. The first-order chi connectivity index (χ1) is 14.4. The highest BCUT2D eigenvalue weighted by Crippen LogP contribution is 2.34. The maximum Gasteiger partial charge on any atom is 0.328 e. The Hall–Kier alpha value is -2.88. The van der Waals surface area contributed by atoms with Crippen molar-refractivity contribution in [3.8, 4) is 0 Å². The molecule has 0 spiro atoms. The van der Waals surface area contributed by atoms with E-state index < -0.39 is 30.1 Å². The average molecular weight is 479 g/mol. The summed E-state index contributed by atoms with van der Waals surface area (Å²) in [6, 6.07) is 5.85. The lowest BCUT2D eigenvalue weighted by Crippen LogP contribution is -2.51. The summed E-state index contributed by atoms with van der Waals surface area (Å²) in [5.41, 5.74) is 2.63. The molecule has 1 aliphatic heterocycles. The van der Waals surface area contributed by atoms with Crippen LogP contribution in [0.4, 0.5) is 4.79 Å². The Labute approximate surface area is 182 Å². The number of methoxy groups -OCH3 is 2. The Bertz CT molecular complexity index is 914. The van der Waals surface area contributed by atoms with Crippen molar-refractivity contribution in [2.45, 2.75) is 31.3 Å². The number of imidazole rings is 1. The van der Waals surface area contributed by atoms with E-state index in [4.69, 9.17) is 4.74 Å². The fraction of sp³-hybridized carbons (Fsp3) is 0.400. The van der Waals surface area contributed by atoms with Crippen LogP contribution in [0.25, 0.3) is 0 Å². The maximum atomic E-state index is 13.2. The van der Waals surface area contributed by atoms with Gasteiger partial charge in [-0.05, 0) is 24.1 Å². The third kappa shape index (κ3) is 4.81. The summed E-state index contributed by atoms with van der Waals surface area (Å²) >= 11 is 3.43. The molecular formula is C20H23BrN4O5. The number of aromatic nitrogens is 2. The second kappa shape index (κ2) is 9.75. The summed E-state index contributed by atoms with van der Waals surface area (Å²) in [5, 5.41) is 2.71. The number of hydrogen-bond donors (Lipinski definition) is 2. The lowest BCUT2D eigenvalue weighted by Gasteiger charge is -2.36. The van der Waals surface area contributed by atoms with Crippen molar-refractivity contribution < 1.29 is 23.9 Å². The third-order valence-corrected chi connectivity index (χ3v) is 5.55. The molecule has 0 saturated heterocycles. The molecule has 1 aromatic heterocycles. The van der Waals surface area contributed by atoms with Gasteiger partial charge in [-0.15, -0.1) is 0 Å². The third-order valence-electron chi connectivity index (χ3n) is 5.02. The van der Waals surface area contributed by atoms with Crippen molar-refractivity contribution in [2.24, 2.45) is 0 Å². The molecule has 2 atom stereocenters. The average Bonchev–Trinajstić information content (AvgIpc) is 3.24. The normalized spacial score (nSPS) is 16.4. The van der Waals surface area contributed by atoms with Crippen molar-refractivity contribution in [3.05, 3.63) is 52.0 Å². The molecule has 2 heterocycles. The quantitative estimate of drug-likeness (QED) is 0.615. The molecule has 0 bridgehead atoms. The first kappa shape index (κ1) is 21.8. The zero-order valence-electron chi connectivity index (χ0n) is 16.7. The largest absolute Gasteiger partial charge is 0.469 e. The molecular weight excluding hydrogens is 456 g/mol. The standard InChI is InChI=1S/C20H23BrN4O5/c1-29-16(26)8-7-15(19(27)30-2)24-20(28)25-10-9-14-17(23-11-22-14)18(25)12-3-5-13(21)6-4-12/h3-6,11,15,18H,7-10H2,1-2H3,(H,22,23)(H,24,28)/t15-,18?/m0/s1. The number of aromatic amines is 1. The number of urea groups is 1. The zero-order valence-corrected chi connectivity index (χ0v) is 18.3. The van der Waals surface area contributed by atoms with E-state index in [0.29, 0.717) is 13.0 Å². The summed E-state index contributed by atoms with van der Waals surface area (Å²) in [6.07, 6.45) is 2.29. The van der Waals surface area contributed by atoms with E-state index in [1.807, 2.05) is 24.3 Å². The van der Waals surface area contributed by atoms with Gasteiger partial charge in [-0.2, -0.15) is 0 Å². The van der Waals surface area contributed by atoms with Gasteiger partial charge in [0.1, 0.15) is 12.1 Å². The van der Waals surface area contributed by atoms with Gasteiger partial charge in [0.15, 0.2) is 0 Å². The molecule has 10 heteroatoms. The summed E-state index contributed by atoms with van der Waals surface area (Å²) in [7, 11) is 2.51. The summed E-state index contributed by atoms with van der Waals surface area (Å²) < 4.78 is 10.3. The highest BCUT2D eigenvalue weighted by Gasteiger charge is 2.35. The number of hydrogen-bond acceptors (Lipinski definition) is 6. The molecule has 160 valence electrons. The number of nitrogens with zero attached hydrogens (tertiary/aromatic N) is 2. The van der Waals surface area contributed by atoms with Crippen molar-refractivity contribution in [1.29, 1.82) is 0 Å². The van der Waals surface area contributed by atoms with Crippen LogP contribution in [-0.4, -0.2) is 59.6 Å². The number of carbonyl (C=O) groups excluding carboxylic acids is 3. The molecule has 1 unspecified atom stereocenters. The number of benzene rings is 1. The van der Waals surface area contributed by atoms with Crippen LogP contribution in [0.1, 0.15) is 35.8 Å². The number of nitrogens with one attached hydrogen (secondary N) is 2. The fourth-order valence-corrected chi connectivity index (χ4v) is 3.73. The first-order valence-electron chi connectivity index (χ1n) is 9.44. The van der Waals surface area contributed by atoms with E-state index >= 15 is 0 Å². The van der Waals surface area contributed by atoms with Gasteiger partial charge in [0.25, 0.3) is 0 Å². The zero-order chi connectivity index (χ0) is 21.7. The molecule has 0 aliphatic carbocycles. The molecule has 3 rings (SSSR count). The number of carbonyl (C=O) groups is 3. The van der Waals surface area contributed by atoms with Gasteiger partial charge in [-0.1, -0.05) is 28.1 Å². The lowest BCUT2D eigenvalue weighted by molar-refractivity contribution is -0.144. The lowest BCUT2D eigenvalue weighted by atomic mass is 9.96. The number of ether oxygens (including phenoxy) is 2. The number of esters is 2. The van der Waals surface area contributed by atoms with Gasteiger partial charge in [-0.3, -0.25) is 4.79 Å². The molecule has 2 amide bonds. The van der Waals surface area contributed by atoms with E-state index in [0.717, 1.165) is 21.4 Å². The second-order valence-electron chi connectivity index (χ2n) is 6.80. The minimum atomic E-state index is -0.965. The highest BCUT2D eigenvalue weighted by molar-refractivity contribution is 9.10. The van der Waals surface area contributed by atoms with Crippen LogP contribution in [0, 0.1) is 0 Å². The van der Waals surface area contributed by atoms with Gasteiger partial charge >= 0.3 is 18.0 Å². The van der Waals surface area contributed by atoms with Crippen LogP contribution in [0.2, 0.25) is 0 Å². The SMILES string of the molecule is COC(=O)CC[C@H](NC(=O)N1CCc2[nH]cnc2C1c1ccc(Br)cc1)C(=O)OC. The van der Waals surface area contributed by atoms with Gasteiger partial charge < -0.3 is 24.7 Å². The summed E-state index contributed by atoms with van der Waals surface area (Å²) in [4.78, 5) is 46.0. The van der Waals surface area contributed by atoms with Crippen LogP contribution < -0.4 is 5.32 Å². The van der Waals surface area contributed by atoms with E-state index in [1.54, 1.807) is 11.2 Å². The number of fused-ring (bicyclic) bond motifs is 1. The van der Waals surface area contributed by atoms with Crippen LogP contribution in [0.3, 0.4) is 0 Å². The fourth-order valence-electron chi connectivity index (χ4n) is 3.47. The summed E-state index contributed by atoms with van der Waals surface area (Å²) in [5.74, 6) is -1.09. The van der Waals surface area contributed by atoms with Gasteiger partial charge in [-0.25, -0.2) is 14.6 Å². The topological polar surface area (TPSA) is 114 Å². The van der Waals surface area contributed by atoms with E-state index in [1.165, 1.54) is 14.2 Å². The Morgan fingerprint density at radius 3 is 2.67 bits per heavy atom. The van der Waals surface area contributed by atoms with Crippen LogP contribution in [0.5, 0.6) is 0 Å². The van der Waals surface area contributed by atoms with E-state index in [-0.39, 0.29) is 12.8 Å². The molecule has 0 radical (unpaired) electrons. The molecule has 1 aliphatic rings. The molecule has 0 saturated carbocycles. The maximum absolute atomic E-state index is 13.2. The number of H-pyrrole nitrogens is 1. The number of amides is 2. The predicted octanol–water partition coefficient (Wildman–Crippen LogP) is 2.32. The van der Waals surface area contributed by atoms with Crippen molar-refractivity contribution >= 4 is 33.9 Å². The van der Waals surface area contributed by atoms with Crippen LogP contribution >= 0.6 is 15.9 Å². The Morgan fingerprint density at radius 2 is 2.00 bits per heavy atom. The van der Waals surface area contributed by atoms with E-state index in [9.17, 15) is 14.4 Å². The van der Waals surface area contributed by atoms with Gasteiger partial charge in [0.2, 0.25) is 0 Å². The molecule has 2 aromatic rings. The predicted molar refractivity (Wildman–Crippen MR) is 111 cm³/mol. The molecule has 0 fully saturated rings.